The summed E-state index contributed by atoms with van der Waals surface area (Å²) in [6.45, 7) is 2.22. The molecule has 0 nitrogen and oxygen atoms in total. The minimum atomic E-state index is 0. The zero-order valence-electron chi connectivity index (χ0n) is 4.23. The lowest BCUT2D eigenvalue weighted by atomic mass is 10.6. The molecule has 40 valence electrons. The van der Waals surface area contributed by atoms with E-state index in [1.54, 1.807) is 0 Å². The number of rotatable bonds is 1. The van der Waals surface area contributed by atoms with Crippen molar-refractivity contribution in [3.8, 4) is 0 Å². The Morgan fingerprint density at radius 2 is 1.50 bits per heavy atom. The van der Waals surface area contributed by atoms with Crippen LogP contribution in [-0.2, 0) is 0 Å². The summed E-state index contributed by atoms with van der Waals surface area (Å²) >= 11 is 1.39. The van der Waals surface area contributed by atoms with Crippen molar-refractivity contribution in [1.29, 1.82) is 0 Å². The molecule has 0 atom stereocenters. The van der Waals surface area contributed by atoms with Gasteiger partial charge in [-0.1, -0.05) is 13.3 Å². The molecule has 0 aromatic carbocycles. The molecule has 0 amide bonds. The van der Waals surface area contributed by atoms with Crippen LogP contribution in [0, 0.1) is 0 Å². The van der Waals surface area contributed by atoms with E-state index in [1.807, 2.05) is 0 Å². The molecule has 0 bridgehead atoms. The van der Waals surface area contributed by atoms with Crippen molar-refractivity contribution >= 4 is 41.1 Å². The Labute approximate surface area is 59.9 Å². The van der Waals surface area contributed by atoms with E-state index in [1.165, 1.54) is 28.0 Å². The van der Waals surface area contributed by atoms with Crippen LogP contribution in [0.25, 0.3) is 0 Å². The standard InChI is InChI=1S/C3H7.Al.2ClH.2H/c1-3-2;;;;;/h1,3H2,2H3;;2*1H;;. The lowest BCUT2D eigenvalue weighted by molar-refractivity contribution is 1.08. The summed E-state index contributed by atoms with van der Waals surface area (Å²) in [6.07, 6.45) is 1.38. The van der Waals surface area contributed by atoms with E-state index in [4.69, 9.17) is 0 Å². The van der Waals surface area contributed by atoms with Crippen LogP contribution in [0.5, 0.6) is 0 Å². The predicted octanol–water partition coefficient (Wildman–Crippen LogP) is 1.29. The zero-order chi connectivity index (χ0) is 3.41. The smallest absolute Gasteiger partial charge is 0.147 e. The van der Waals surface area contributed by atoms with Gasteiger partial charge in [-0.15, -0.1) is 30.1 Å². The van der Waals surface area contributed by atoms with Crippen molar-refractivity contribution < 1.29 is 0 Å². The van der Waals surface area contributed by atoms with Gasteiger partial charge >= 0.3 is 0 Å². The van der Waals surface area contributed by atoms with Gasteiger partial charge in [0.05, 0.1) is 0 Å². The summed E-state index contributed by atoms with van der Waals surface area (Å²) in [5.41, 5.74) is 0. The highest BCUT2D eigenvalue weighted by atomic mass is 35.5. The van der Waals surface area contributed by atoms with E-state index >= 15 is 0 Å². The Morgan fingerprint density at radius 1 is 1.33 bits per heavy atom. The molecule has 0 N–H and O–H groups in total. The van der Waals surface area contributed by atoms with E-state index in [0.29, 0.717) is 0 Å². The van der Waals surface area contributed by atoms with E-state index in [0.717, 1.165) is 0 Å². The number of hydrogen-bond acceptors (Lipinski definition) is 0. The molecule has 0 rings (SSSR count). The Morgan fingerprint density at radius 3 is 1.50 bits per heavy atom. The summed E-state index contributed by atoms with van der Waals surface area (Å²) in [5.74, 6) is 0. The predicted molar refractivity (Wildman–Crippen MR) is 38.1 cm³/mol. The van der Waals surface area contributed by atoms with Crippen LogP contribution >= 0.6 is 24.8 Å². The molecule has 3 heteroatoms. The van der Waals surface area contributed by atoms with Gasteiger partial charge in [0.15, 0.2) is 0 Å². The molecule has 0 aliphatic carbocycles. The first-order valence-corrected chi connectivity index (χ1v) is 3.33. The van der Waals surface area contributed by atoms with Crippen molar-refractivity contribution in [1.82, 2.24) is 0 Å². The summed E-state index contributed by atoms with van der Waals surface area (Å²) in [5, 5.41) is 1.46. The molecule has 0 heterocycles. The van der Waals surface area contributed by atoms with E-state index in [-0.39, 0.29) is 24.8 Å². The second-order valence-corrected chi connectivity index (χ2v) is 2.00. The molecule has 0 saturated carbocycles. The third-order valence-corrected chi connectivity index (χ3v) is 1.50. The minimum absolute atomic E-state index is 0. The molecule has 0 fully saturated rings. The van der Waals surface area contributed by atoms with Gasteiger partial charge in [0.2, 0.25) is 16.3 Å². The Bertz CT molecular complexity index is 10.8. The molecule has 0 unspecified atom stereocenters. The van der Waals surface area contributed by atoms with Crippen molar-refractivity contribution in [2.24, 2.45) is 0 Å². The van der Waals surface area contributed by atoms with Gasteiger partial charge < -0.3 is 0 Å². The lowest BCUT2D eigenvalue weighted by Crippen LogP contribution is -1.55. The second kappa shape index (κ2) is 16.5. The quantitative estimate of drug-likeness (QED) is 0.487. The minimum Gasteiger partial charge on any atom is -0.147 e. The van der Waals surface area contributed by atoms with Crippen molar-refractivity contribution in [2.45, 2.75) is 18.6 Å². The number of halogens is 2. The Hall–Kier alpha value is 1.11. The molecule has 0 aliphatic rings. The largest absolute Gasteiger partial charge is 0.211 e. The molecule has 0 aliphatic heterocycles. The number of hydrogen-bond donors (Lipinski definition) is 0. The normalized spacial score (nSPS) is 4.83. The van der Waals surface area contributed by atoms with Crippen molar-refractivity contribution in [3.63, 3.8) is 0 Å². The van der Waals surface area contributed by atoms with E-state index in [9.17, 15) is 0 Å². The van der Waals surface area contributed by atoms with Crippen LogP contribution in [0.15, 0.2) is 0 Å². The first-order valence-electron chi connectivity index (χ1n) is 1.91. The van der Waals surface area contributed by atoms with Crippen LogP contribution in [0.2, 0.25) is 5.28 Å². The van der Waals surface area contributed by atoms with Crippen LogP contribution in [-0.4, -0.2) is 16.3 Å². The van der Waals surface area contributed by atoms with E-state index in [2.05, 4.69) is 6.92 Å². The maximum atomic E-state index is 2.22. The monoisotopic (exact) mass is 144 g/mol. The highest BCUT2D eigenvalue weighted by Crippen LogP contribution is 1.73. The molecular weight excluding hydrogens is 134 g/mol. The topological polar surface area (TPSA) is 0 Å². The van der Waals surface area contributed by atoms with Crippen LogP contribution in [0.3, 0.4) is 0 Å². The molecular formula is C3H11AlCl2. The maximum Gasteiger partial charge on any atom is 0.211 e. The first-order chi connectivity index (χ1) is 1.91. The average molecular weight is 145 g/mol. The van der Waals surface area contributed by atoms with Gasteiger partial charge in [-0.3, -0.25) is 0 Å². The third kappa shape index (κ3) is 19.4. The zero-order valence-corrected chi connectivity index (χ0v) is 7.86. The van der Waals surface area contributed by atoms with Gasteiger partial charge in [-0.25, -0.2) is 0 Å². The molecule has 0 spiro atoms. The fourth-order valence-electron chi connectivity index (χ4n) is 0. The molecule has 0 aromatic heterocycles. The van der Waals surface area contributed by atoms with Gasteiger partial charge in [0.25, 0.3) is 0 Å². The van der Waals surface area contributed by atoms with Crippen LogP contribution in [0.1, 0.15) is 13.3 Å². The summed E-state index contributed by atoms with van der Waals surface area (Å²) in [7, 11) is 0. The lowest BCUT2D eigenvalue weighted by Gasteiger charge is -1.66. The molecule has 0 radical (unpaired) electrons. The second-order valence-electron chi connectivity index (χ2n) is 1.000. The Balaban J connectivity index is -0.0000000450. The first kappa shape index (κ1) is 15.7. The molecule has 0 saturated heterocycles. The summed E-state index contributed by atoms with van der Waals surface area (Å²) in [4.78, 5) is 0. The van der Waals surface area contributed by atoms with Gasteiger partial charge in [0, 0.05) is 0 Å². The van der Waals surface area contributed by atoms with Crippen molar-refractivity contribution in [2.75, 3.05) is 0 Å². The van der Waals surface area contributed by atoms with E-state index < -0.39 is 0 Å². The van der Waals surface area contributed by atoms with Crippen LogP contribution < -0.4 is 0 Å². The summed E-state index contributed by atoms with van der Waals surface area (Å²) < 4.78 is 0. The fourth-order valence-corrected chi connectivity index (χ4v) is 0. The third-order valence-electron chi connectivity index (χ3n) is 0.500. The summed E-state index contributed by atoms with van der Waals surface area (Å²) in [6, 6.07) is 0. The highest BCUT2D eigenvalue weighted by Gasteiger charge is 1.58. The molecule has 6 heavy (non-hydrogen) atoms. The fraction of sp³-hybridized carbons (Fsp3) is 1.00. The Kier molecular flexibility index (Phi) is 43.2. The van der Waals surface area contributed by atoms with Gasteiger partial charge in [0.1, 0.15) is 0 Å². The van der Waals surface area contributed by atoms with Crippen LogP contribution in [0.4, 0.5) is 0 Å². The average Bonchev–Trinajstić information content (AvgIpc) is 1.37. The van der Waals surface area contributed by atoms with Gasteiger partial charge in [-0.2, -0.15) is 0 Å². The maximum absolute atomic E-state index is 2.22. The van der Waals surface area contributed by atoms with Gasteiger partial charge in [-0.05, 0) is 0 Å². The highest BCUT2D eigenvalue weighted by molar-refractivity contribution is 6.08. The molecule has 0 aromatic rings. The SMILES string of the molecule is CC[CH2][AlH2].Cl.Cl. The van der Waals surface area contributed by atoms with Crippen molar-refractivity contribution in [3.05, 3.63) is 0 Å².